The topological polar surface area (TPSA) is 62.5 Å². The Kier molecular flexibility index (Phi) is 6.39. The summed E-state index contributed by atoms with van der Waals surface area (Å²) in [6, 6.07) is 10.4. The van der Waals surface area contributed by atoms with E-state index in [0.717, 1.165) is 45.4 Å². The monoisotopic (exact) mass is 356 g/mol. The predicted molar refractivity (Wildman–Crippen MR) is 99.6 cm³/mol. The van der Waals surface area contributed by atoms with E-state index in [2.05, 4.69) is 34.2 Å². The van der Waals surface area contributed by atoms with Gasteiger partial charge in [0.05, 0.1) is 6.04 Å². The van der Waals surface area contributed by atoms with Crippen molar-refractivity contribution in [3.8, 4) is 0 Å². The van der Waals surface area contributed by atoms with Crippen molar-refractivity contribution in [1.29, 1.82) is 0 Å². The number of aryl methyl sites for hydroxylation is 2. The lowest BCUT2D eigenvalue weighted by Gasteiger charge is -2.37. The van der Waals surface area contributed by atoms with Gasteiger partial charge in [-0.25, -0.2) is 0 Å². The Hall–Kier alpha value is -2.21. The standard InChI is InChI=1S/C20H28N4O2/c1-3-18-21-22-20(26-18)16(2)23-12-14-24(15-13-23)19(25)11-7-10-17-8-5-4-6-9-17/h4-6,8-9,16H,3,7,10-15H2,1-2H3/t16-/m1/s1. The molecule has 1 atom stereocenters. The van der Waals surface area contributed by atoms with Gasteiger partial charge in [0, 0.05) is 39.0 Å². The van der Waals surface area contributed by atoms with Crippen LogP contribution in [0.5, 0.6) is 0 Å². The summed E-state index contributed by atoms with van der Waals surface area (Å²) in [6.45, 7) is 7.31. The first-order valence-corrected chi connectivity index (χ1v) is 9.55. The number of carbonyl (C=O) groups is 1. The van der Waals surface area contributed by atoms with Crippen LogP contribution in [-0.2, 0) is 17.6 Å². The molecule has 1 saturated heterocycles. The zero-order valence-electron chi connectivity index (χ0n) is 15.7. The van der Waals surface area contributed by atoms with E-state index >= 15 is 0 Å². The molecular formula is C20H28N4O2. The van der Waals surface area contributed by atoms with Crippen LogP contribution in [0.2, 0.25) is 0 Å². The van der Waals surface area contributed by atoms with Gasteiger partial charge in [-0.15, -0.1) is 10.2 Å². The van der Waals surface area contributed by atoms with Gasteiger partial charge in [0.2, 0.25) is 17.7 Å². The van der Waals surface area contributed by atoms with Gasteiger partial charge in [-0.05, 0) is 25.3 Å². The van der Waals surface area contributed by atoms with E-state index in [-0.39, 0.29) is 11.9 Å². The molecule has 0 radical (unpaired) electrons. The normalized spacial score (nSPS) is 16.6. The zero-order valence-corrected chi connectivity index (χ0v) is 15.7. The molecule has 1 amide bonds. The third kappa shape index (κ3) is 4.69. The summed E-state index contributed by atoms with van der Waals surface area (Å²) in [7, 11) is 0. The SMILES string of the molecule is CCc1nnc([C@@H](C)N2CCN(C(=O)CCCc3ccccc3)CC2)o1. The van der Waals surface area contributed by atoms with E-state index in [1.807, 2.05) is 30.0 Å². The molecule has 0 N–H and O–H groups in total. The minimum Gasteiger partial charge on any atom is -0.424 e. The maximum absolute atomic E-state index is 12.4. The molecule has 0 aliphatic carbocycles. The van der Waals surface area contributed by atoms with E-state index in [1.54, 1.807) is 0 Å². The molecule has 0 unspecified atom stereocenters. The first-order chi connectivity index (χ1) is 12.7. The molecule has 1 aromatic carbocycles. The summed E-state index contributed by atoms with van der Waals surface area (Å²) in [5.41, 5.74) is 1.30. The highest BCUT2D eigenvalue weighted by atomic mass is 16.4. The number of aromatic nitrogens is 2. The highest BCUT2D eigenvalue weighted by Crippen LogP contribution is 2.21. The van der Waals surface area contributed by atoms with Gasteiger partial charge in [0.25, 0.3) is 0 Å². The smallest absolute Gasteiger partial charge is 0.233 e. The number of rotatable bonds is 7. The van der Waals surface area contributed by atoms with Gasteiger partial charge >= 0.3 is 0 Å². The second-order valence-corrected chi connectivity index (χ2v) is 6.82. The Morgan fingerprint density at radius 1 is 1.15 bits per heavy atom. The summed E-state index contributed by atoms with van der Waals surface area (Å²) in [4.78, 5) is 16.7. The van der Waals surface area contributed by atoms with Crippen LogP contribution in [0.3, 0.4) is 0 Å². The average molecular weight is 356 g/mol. The Labute approximate surface area is 155 Å². The maximum atomic E-state index is 12.4. The predicted octanol–water partition coefficient (Wildman–Crippen LogP) is 2.86. The second-order valence-electron chi connectivity index (χ2n) is 6.82. The Morgan fingerprint density at radius 3 is 2.54 bits per heavy atom. The van der Waals surface area contributed by atoms with Crippen LogP contribution in [0.1, 0.15) is 50.1 Å². The van der Waals surface area contributed by atoms with Crippen molar-refractivity contribution < 1.29 is 9.21 Å². The van der Waals surface area contributed by atoms with E-state index < -0.39 is 0 Å². The van der Waals surface area contributed by atoms with E-state index in [4.69, 9.17) is 4.42 Å². The second kappa shape index (κ2) is 8.94. The summed E-state index contributed by atoms with van der Waals surface area (Å²) in [5.74, 6) is 1.61. The molecule has 0 saturated carbocycles. The minimum atomic E-state index is 0.0955. The molecule has 2 aromatic rings. The van der Waals surface area contributed by atoms with Gasteiger partial charge in [-0.2, -0.15) is 0 Å². The Morgan fingerprint density at radius 2 is 1.88 bits per heavy atom. The third-order valence-electron chi connectivity index (χ3n) is 5.06. The molecule has 1 aliphatic heterocycles. The number of nitrogens with zero attached hydrogens (tertiary/aromatic N) is 4. The van der Waals surface area contributed by atoms with Crippen LogP contribution in [-0.4, -0.2) is 52.1 Å². The summed E-state index contributed by atoms with van der Waals surface area (Å²) in [6.07, 6.45) is 3.24. The van der Waals surface area contributed by atoms with Crippen LogP contribution in [0, 0.1) is 0 Å². The maximum Gasteiger partial charge on any atom is 0.233 e. The molecule has 1 aliphatic rings. The third-order valence-corrected chi connectivity index (χ3v) is 5.06. The van der Waals surface area contributed by atoms with Crippen LogP contribution in [0.4, 0.5) is 0 Å². The lowest BCUT2D eigenvalue weighted by molar-refractivity contribution is -0.133. The lowest BCUT2D eigenvalue weighted by Crippen LogP contribution is -2.49. The van der Waals surface area contributed by atoms with Crippen molar-refractivity contribution in [3.05, 3.63) is 47.7 Å². The number of benzene rings is 1. The molecule has 1 aromatic heterocycles. The zero-order chi connectivity index (χ0) is 18.4. The summed E-state index contributed by atoms with van der Waals surface area (Å²) < 4.78 is 5.67. The van der Waals surface area contributed by atoms with Crippen LogP contribution >= 0.6 is 0 Å². The molecular weight excluding hydrogens is 328 g/mol. The molecule has 140 valence electrons. The van der Waals surface area contributed by atoms with Gasteiger partial charge < -0.3 is 9.32 Å². The number of piperazine rings is 1. The number of amides is 1. The van der Waals surface area contributed by atoms with Crippen molar-refractivity contribution >= 4 is 5.91 Å². The highest BCUT2D eigenvalue weighted by molar-refractivity contribution is 5.76. The fraction of sp³-hybridized carbons (Fsp3) is 0.550. The summed E-state index contributed by atoms with van der Waals surface area (Å²) in [5, 5.41) is 8.19. The number of hydrogen-bond donors (Lipinski definition) is 0. The molecule has 6 heteroatoms. The van der Waals surface area contributed by atoms with Crippen molar-refractivity contribution in [2.75, 3.05) is 26.2 Å². The first kappa shape index (κ1) is 18.6. The first-order valence-electron chi connectivity index (χ1n) is 9.55. The molecule has 26 heavy (non-hydrogen) atoms. The average Bonchev–Trinajstić information content (AvgIpc) is 3.17. The van der Waals surface area contributed by atoms with E-state index in [0.29, 0.717) is 18.2 Å². The highest BCUT2D eigenvalue weighted by Gasteiger charge is 2.27. The van der Waals surface area contributed by atoms with Gasteiger partial charge in [0.1, 0.15) is 0 Å². The van der Waals surface area contributed by atoms with Crippen molar-refractivity contribution in [2.24, 2.45) is 0 Å². The number of carbonyl (C=O) groups excluding carboxylic acids is 1. The Bertz CT molecular complexity index is 693. The van der Waals surface area contributed by atoms with Crippen molar-refractivity contribution in [3.63, 3.8) is 0 Å². The molecule has 3 rings (SSSR count). The van der Waals surface area contributed by atoms with Crippen molar-refractivity contribution in [1.82, 2.24) is 20.0 Å². The van der Waals surface area contributed by atoms with E-state index in [9.17, 15) is 4.79 Å². The molecule has 0 bridgehead atoms. The quantitative estimate of drug-likeness (QED) is 0.763. The minimum absolute atomic E-state index is 0.0955. The van der Waals surface area contributed by atoms with Gasteiger partial charge in [0.15, 0.2) is 0 Å². The largest absolute Gasteiger partial charge is 0.424 e. The van der Waals surface area contributed by atoms with Crippen molar-refractivity contribution in [2.45, 2.75) is 45.6 Å². The molecule has 2 heterocycles. The Balaban J connectivity index is 1.42. The van der Waals surface area contributed by atoms with Gasteiger partial charge in [-0.1, -0.05) is 37.3 Å². The molecule has 6 nitrogen and oxygen atoms in total. The fourth-order valence-corrected chi connectivity index (χ4v) is 3.34. The summed E-state index contributed by atoms with van der Waals surface area (Å²) >= 11 is 0. The molecule has 0 spiro atoms. The van der Waals surface area contributed by atoms with Crippen LogP contribution in [0.25, 0.3) is 0 Å². The van der Waals surface area contributed by atoms with Crippen LogP contribution < -0.4 is 0 Å². The number of hydrogen-bond acceptors (Lipinski definition) is 5. The fourth-order valence-electron chi connectivity index (χ4n) is 3.34. The van der Waals surface area contributed by atoms with E-state index in [1.165, 1.54) is 5.56 Å². The lowest BCUT2D eigenvalue weighted by atomic mass is 10.1. The van der Waals surface area contributed by atoms with Gasteiger partial charge in [-0.3, -0.25) is 9.69 Å². The molecule has 1 fully saturated rings. The van der Waals surface area contributed by atoms with Crippen LogP contribution in [0.15, 0.2) is 34.7 Å².